The summed E-state index contributed by atoms with van der Waals surface area (Å²) in [5, 5.41) is 2.90. The number of carbonyl (C=O) groups excluding carboxylic acids is 2. The molecule has 1 atom stereocenters. The number of anilines is 1. The number of amides is 2. The van der Waals surface area contributed by atoms with E-state index in [0.717, 1.165) is 27.4 Å². The van der Waals surface area contributed by atoms with Gasteiger partial charge in [0.05, 0.1) is 10.6 Å². The second-order valence-corrected chi connectivity index (χ2v) is 11.2. The number of hydrogen-bond donors (Lipinski definition) is 1. The molecule has 0 fully saturated rings. The molecule has 0 bridgehead atoms. The fourth-order valence-electron chi connectivity index (χ4n) is 4.26. The fraction of sp³-hybridized carbons (Fsp3) is 0.333. The second-order valence-electron chi connectivity index (χ2n) is 9.33. The number of sulfonamides is 1. The molecule has 1 unspecified atom stereocenters. The Morgan fingerprint density at radius 1 is 0.868 bits per heavy atom. The van der Waals surface area contributed by atoms with Crippen molar-refractivity contribution in [2.45, 2.75) is 58.0 Å². The zero-order valence-electron chi connectivity index (χ0n) is 22.6. The van der Waals surface area contributed by atoms with E-state index in [0.29, 0.717) is 18.7 Å². The maximum absolute atomic E-state index is 14.0. The third kappa shape index (κ3) is 7.01. The third-order valence-electron chi connectivity index (χ3n) is 6.40. The van der Waals surface area contributed by atoms with Gasteiger partial charge in [0.25, 0.3) is 10.0 Å². The molecule has 7 nitrogen and oxygen atoms in total. The molecular weight excluding hydrogens is 498 g/mol. The molecule has 38 heavy (non-hydrogen) atoms. The lowest BCUT2D eigenvalue weighted by atomic mass is 10.1. The lowest BCUT2D eigenvalue weighted by Crippen LogP contribution is -2.52. The van der Waals surface area contributed by atoms with Gasteiger partial charge in [-0.15, -0.1) is 0 Å². The third-order valence-corrected chi connectivity index (χ3v) is 8.18. The number of aryl methyl sites for hydroxylation is 2. The highest BCUT2D eigenvalue weighted by Crippen LogP contribution is 2.27. The average molecular weight is 536 g/mol. The van der Waals surface area contributed by atoms with Gasteiger partial charge < -0.3 is 10.2 Å². The molecule has 0 aliphatic carbocycles. The highest BCUT2D eigenvalue weighted by atomic mass is 32.2. The summed E-state index contributed by atoms with van der Waals surface area (Å²) >= 11 is 0. The van der Waals surface area contributed by atoms with Crippen molar-refractivity contribution in [3.05, 3.63) is 95.6 Å². The van der Waals surface area contributed by atoms with E-state index < -0.39 is 28.5 Å². The van der Waals surface area contributed by atoms with Crippen molar-refractivity contribution < 1.29 is 18.0 Å². The van der Waals surface area contributed by atoms with Gasteiger partial charge in [0.2, 0.25) is 11.8 Å². The maximum Gasteiger partial charge on any atom is 0.264 e. The molecule has 0 radical (unpaired) electrons. The molecule has 0 aromatic heterocycles. The van der Waals surface area contributed by atoms with Crippen LogP contribution in [0.25, 0.3) is 0 Å². The summed E-state index contributed by atoms with van der Waals surface area (Å²) in [6, 6.07) is 22.3. The molecule has 3 aromatic rings. The standard InChI is InChI=1S/C30H37N3O4S/c1-5-20-31-30(35)27(6-2)32(21-25-13-8-7-9-14-25)29(34)22-33(28-15-11-10-12-24(28)4)38(36,37)26-18-16-23(3)17-19-26/h7-19,27H,5-6,20-22H2,1-4H3,(H,31,35). The van der Waals surface area contributed by atoms with E-state index in [1.807, 2.05) is 70.2 Å². The summed E-state index contributed by atoms with van der Waals surface area (Å²) in [4.78, 5) is 28.7. The predicted molar refractivity (Wildman–Crippen MR) is 151 cm³/mol. The van der Waals surface area contributed by atoms with E-state index in [2.05, 4.69) is 5.32 Å². The normalized spacial score (nSPS) is 12.0. The topological polar surface area (TPSA) is 86.8 Å². The number of carbonyl (C=O) groups is 2. The maximum atomic E-state index is 14.0. The summed E-state index contributed by atoms with van der Waals surface area (Å²) in [6.07, 6.45) is 1.16. The van der Waals surface area contributed by atoms with Gasteiger partial charge in [-0.25, -0.2) is 8.42 Å². The van der Waals surface area contributed by atoms with Crippen LogP contribution in [0.4, 0.5) is 5.69 Å². The SMILES string of the molecule is CCCNC(=O)C(CC)N(Cc1ccccc1)C(=O)CN(c1ccccc1C)S(=O)(=O)c1ccc(C)cc1. The lowest BCUT2D eigenvalue weighted by molar-refractivity contribution is -0.140. The van der Waals surface area contributed by atoms with Gasteiger partial charge in [-0.3, -0.25) is 13.9 Å². The van der Waals surface area contributed by atoms with E-state index in [9.17, 15) is 18.0 Å². The molecule has 1 N–H and O–H groups in total. The van der Waals surface area contributed by atoms with Crippen molar-refractivity contribution in [3.8, 4) is 0 Å². The molecule has 0 saturated carbocycles. The first-order valence-corrected chi connectivity index (χ1v) is 14.4. The molecule has 202 valence electrons. The van der Waals surface area contributed by atoms with Crippen LogP contribution in [0, 0.1) is 13.8 Å². The average Bonchev–Trinajstić information content (AvgIpc) is 2.91. The summed E-state index contributed by atoms with van der Waals surface area (Å²) in [7, 11) is -4.08. The van der Waals surface area contributed by atoms with E-state index in [4.69, 9.17) is 0 Å². The largest absolute Gasteiger partial charge is 0.354 e. The molecule has 0 saturated heterocycles. The van der Waals surface area contributed by atoms with E-state index in [-0.39, 0.29) is 17.3 Å². The van der Waals surface area contributed by atoms with E-state index in [1.54, 1.807) is 36.4 Å². The molecule has 3 rings (SSSR count). The van der Waals surface area contributed by atoms with Crippen molar-refractivity contribution in [1.82, 2.24) is 10.2 Å². The number of nitrogens with one attached hydrogen (secondary N) is 1. The summed E-state index contributed by atoms with van der Waals surface area (Å²) < 4.78 is 29.0. The quantitative estimate of drug-likeness (QED) is 0.360. The van der Waals surface area contributed by atoms with Crippen molar-refractivity contribution in [2.24, 2.45) is 0 Å². The van der Waals surface area contributed by atoms with Gasteiger partial charge in [-0.05, 0) is 56.0 Å². The van der Waals surface area contributed by atoms with Crippen LogP contribution in [-0.4, -0.2) is 44.3 Å². The first-order valence-electron chi connectivity index (χ1n) is 12.9. The van der Waals surface area contributed by atoms with Crippen LogP contribution in [0.15, 0.2) is 83.8 Å². The number of nitrogens with zero attached hydrogens (tertiary/aromatic N) is 2. The van der Waals surface area contributed by atoms with Crippen molar-refractivity contribution in [1.29, 1.82) is 0 Å². The Morgan fingerprint density at radius 3 is 2.11 bits per heavy atom. The molecule has 0 aliphatic heterocycles. The smallest absolute Gasteiger partial charge is 0.264 e. The number of hydrogen-bond acceptors (Lipinski definition) is 4. The molecule has 3 aromatic carbocycles. The van der Waals surface area contributed by atoms with Crippen molar-refractivity contribution >= 4 is 27.5 Å². The van der Waals surface area contributed by atoms with Gasteiger partial charge in [0, 0.05) is 13.1 Å². The Kier molecular flexibility index (Phi) is 10.1. The van der Waals surface area contributed by atoms with Crippen LogP contribution in [0.5, 0.6) is 0 Å². The number of rotatable bonds is 12. The molecule has 8 heteroatoms. The highest BCUT2D eigenvalue weighted by Gasteiger charge is 2.34. The first-order chi connectivity index (χ1) is 18.2. The summed E-state index contributed by atoms with van der Waals surface area (Å²) in [5.74, 6) is -0.700. The Balaban J connectivity index is 2.05. The Bertz CT molecular complexity index is 1330. The molecular formula is C30H37N3O4S. The van der Waals surface area contributed by atoms with Gasteiger partial charge in [0.15, 0.2) is 0 Å². The lowest BCUT2D eigenvalue weighted by Gasteiger charge is -2.33. The van der Waals surface area contributed by atoms with Crippen molar-refractivity contribution in [2.75, 3.05) is 17.4 Å². The Morgan fingerprint density at radius 2 is 1.50 bits per heavy atom. The molecule has 2 amide bonds. The van der Waals surface area contributed by atoms with Crippen LogP contribution in [0.1, 0.15) is 43.4 Å². The zero-order chi connectivity index (χ0) is 27.7. The van der Waals surface area contributed by atoms with Gasteiger partial charge >= 0.3 is 0 Å². The molecule has 0 spiro atoms. The monoisotopic (exact) mass is 535 g/mol. The number of para-hydroxylation sites is 1. The molecule has 0 aliphatic rings. The van der Waals surface area contributed by atoms with E-state index >= 15 is 0 Å². The molecule has 0 heterocycles. The zero-order valence-corrected chi connectivity index (χ0v) is 23.4. The second kappa shape index (κ2) is 13.2. The van der Waals surface area contributed by atoms with Crippen LogP contribution >= 0.6 is 0 Å². The minimum atomic E-state index is -4.08. The first kappa shape index (κ1) is 28.9. The van der Waals surface area contributed by atoms with Crippen LogP contribution in [-0.2, 0) is 26.2 Å². The predicted octanol–water partition coefficient (Wildman–Crippen LogP) is 4.83. The van der Waals surface area contributed by atoms with Crippen molar-refractivity contribution in [3.63, 3.8) is 0 Å². The summed E-state index contributed by atoms with van der Waals surface area (Å²) in [6.45, 7) is 7.75. The highest BCUT2D eigenvalue weighted by molar-refractivity contribution is 7.92. The fourth-order valence-corrected chi connectivity index (χ4v) is 5.74. The van der Waals surface area contributed by atoms with Gasteiger partial charge in [0.1, 0.15) is 12.6 Å². The Labute approximate surface area is 226 Å². The van der Waals surface area contributed by atoms with E-state index in [1.165, 1.54) is 4.90 Å². The summed E-state index contributed by atoms with van der Waals surface area (Å²) in [5.41, 5.74) is 2.93. The number of benzene rings is 3. The Hall–Kier alpha value is -3.65. The minimum absolute atomic E-state index is 0.0986. The van der Waals surface area contributed by atoms with Gasteiger partial charge in [-0.2, -0.15) is 0 Å². The van der Waals surface area contributed by atoms with Gasteiger partial charge in [-0.1, -0.05) is 80.1 Å². The van der Waals surface area contributed by atoms with Crippen LogP contribution in [0.2, 0.25) is 0 Å². The minimum Gasteiger partial charge on any atom is -0.354 e. The van der Waals surface area contributed by atoms with Crippen LogP contribution < -0.4 is 9.62 Å². The van der Waals surface area contributed by atoms with Crippen LogP contribution in [0.3, 0.4) is 0 Å².